The summed E-state index contributed by atoms with van der Waals surface area (Å²) < 4.78 is 5.45. The average molecular weight is 482 g/mol. The number of aromatic nitrogens is 2. The van der Waals surface area contributed by atoms with Gasteiger partial charge in [0.25, 0.3) is 0 Å². The van der Waals surface area contributed by atoms with E-state index in [9.17, 15) is 4.79 Å². The smallest absolute Gasteiger partial charge is 0.209 e. The molecule has 1 saturated heterocycles. The first-order valence-electron chi connectivity index (χ1n) is 11.4. The molecule has 0 unspecified atom stereocenters. The summed E-state index contributed by atoms with van der Waals surface area (Å²) in [5.41, 5.74) is 9.22. The molecule has 0 atom stereocenters. The number of thiophene rings is 1. The summed E-state index contributed by atoms with van der Waals surface area (Å²) in [6.45, 7) is 3.80. The number of carbonyl (C=O) groups excluding carboxylic acids is 1. The molecule has 34 heavy (non-hydrogen) atoms. The van der Waals surface area contributed by atoms with E-state index in [4.69, 9.17) is 15.9 Å². The van der Waals surface area contributed by atoms with Gasteiger partial charge in [0.15, 0.2) is 0 Å². The molecule has 1 aliphatic heterocycles. The monoisotopic (exact) mass is 481 g/mol. The maximum atomic E-state index is 10.2. The number of hydrogen-bond acceptors (Lipinski definition) is 9. The van der Waals surface area contributed by atoms with Gasteiger partial charge in [-0.3, -0.25) is 4.79 Å². The zero-order valence-corrected chi connectivity index (χ0v) is 20.5. The molecule has 0 bridgehead atoms. The highest BCUT2D eigenvalue weighted by atomic mass is 32.1. The number of carbonyl (C=O) groups is 1. The third-order valence-corrected chi connectivity index (χ3v) is 7.45. The van der Waals surface area contributed by atoms with Crippen LogP contribution in [0.25, 0.3) is 10.2 Å². The van der Waals surface area contributed by atoms with E-state index in [0.29, 0.717) is 17.0 Å². The van der Waals surface area contributed by atoms with Crippen molar-refractivity contribution >= 4 is 51.4 Å². The number of anilines is 3. The third kappa shape index (κ3) is 5.13. The SMILES string of the molecule is CN1CCN(C=O)CC1.COc1cc(N)c(C=N)cc1Nc1ncnc2sc3c(c12)CCCC3. The molecule has 1 fully saturated rings. The van der Waals surface area contributed by atoms with Gasteiger partial charge >= 0.3 is 0 Å². The van der Waals surface area contributed by atoms with E-state index in [0.717, 1.165) is 67.2 Å². The predicted octanol–water partition coefficient (Wildman–Crippen LogP) is 3.29. The van der Waals surface area contributed by atoms with Crippen molar-refractivity contribution in [3.8, 4) is 5.75 Å². The second-order valence-electron chi connectivity index (χ2n) is 8.51. The molecule has 2 aliphatic rings. The first kappa shape index (κ1) is 23.9. The standard InChI is InChI=1S/C18H19N5OS.C6H12N2O/c1-24-14-7-12(20)10(8-19)6-13(14)23-17-16-11-4-2-3-5-15(11)25-18(16)22-9-21-17;1-7-2-4-8(6-9)5-3-7/h6-9,19H,2-5,20H2,1H3,(H,21,22,23);6H,2-5H2,1H3. The highest BCUT2D eigenvalue weighted by molar-refractivity contribution is 7.19. The maximum Gasteiger partial charge on any atom is 0.209 e. The molecule has 1 aromatic carbocycles. The van der Waals surface area contributed by atoms with Crippen molar-refractivity contribution in [2.45, 2.75) is 25.7 Å². The number of fused-ring (bicyclic) bond motifs is 3. The molecular weight excluding hydrogens is 450 g/mol. The van der Waals surface area contributed by atoms with E-state index in [1.807, 2.05) is 6.07 Å². The van der Waals surface area contributed by atoms with Gasteiger partial charge in [-0.25, -0.2) is 9.97 Å². The van der Waals surface area contributed by atoms with Gasteiger partial charge in [-0.1, -0.05) is 0 Å². The van der Waals surface area contributed by atoms with Crippen molar-refractivity contribution in [2.24, 2.45) is 0 Å². The van der Waals surface area contributed by atoms with E-state index >= 15 is 0 Å². The van der Waals surface area contributed by atoms with E-state index in [1.54, 1.807) is 35.7 Å². The number of rotatable bonds is 5. The Morgan fingerprint density at radius 2 is 1.94 bits per heavy atom. The van der Waals surface area contributed by atoms with E-state index in [2.05, 4.69) is 27.2 Å². The number of nitrogens with one attached hydrogen (secondary N) is 2. The number of amides is 1. The van der Waals surface area contributed by atoms with Crippen LogP contribution in [0.4, 0.5) is 17.2 Å². The van der Waals surface area contributed by atoms with Crippen molar-refractivity contribution in [1.29, 1.82) is 5.41 Å². The molecule has 0 spiro atoms. The van der Waals surface area contributed by atoms with Crippen LogP contribution in [0, 0.1) is 5.41 Å². The molecule has 3 heterocycles. The minimum atomic E-state index is 0.512. The number of benzene rings is 1. The molecule has 180 valence electrons. The van der Waals surface area contributed by atoms with E-state index < -0.39 is 0 Å². The van der Waals surface area contributed by atoms with Crippen LogP contribution >= 0.6 is 11.3 Å². The Kier molecular flexibility index (Phi) is 7.59. The summed E-state index contributed by atoms with van der Waals surface area (Å²) in [5, 5.41) is 12.0. The maximum absolute atomic E-state index is 10.2. The summed E-state index contributed by atoms with van der Waals surface area (Å²) >= 11 is 1.77. The number of ether oxygens (including phenoxy) is 1. The van der Waals surface area contributed by atoms with Crippen LogP contribution in [0.5, 0.6) is 5.75 Å². The molecule has 1 amide bonds. The number of likely N-dealkylation sites (N-methyl/N-ethyl adjacent to an activating group) is 1. The van der Waals surface area contributed by atoms with E-state index in [1.165, 1.54) is 29.5 Å². The lowest BCUT2D eigenvalue weighted by atomic mass is 9.97. The number of methoxy groups -OCH3 is 1. The number of piperazine rings is 1. The quantitative estimate of drug-likeness (QED) is 0.290. The number of nitrogens with zero attached hydrogens (tertiary/aromatic N) is 4. The van der Waals surface area contributed by atoms with Gasteiger partial charge in [0.05, 0.1) is 18.2 Å². The van der Waals surface area contributed by atoms with Crippen LogP contribution in [0.15, 0.2) is 18.5 Å². The fourth-order valence-corrected chi connectivity index (χ4v) is 5.47. The summed E-state index contributed by atoms with van der Waals surface area (Å²) in [5.74, 6) is 1.40. The highest BCUT2D eigenvalue weighted by Crippen LogP contribution is 2.40. The Bertz CT molecular complexity index is 1170. The van der Waals surface area contributed by atoms with Gasteiger partial charge in [0.2, 0.25) is 6.41 Å². The first-order valence-corrected chi connectivity index (χ1v) is 12.2. The zero-order valence-electron chi connectivity index (χ0n) is 19.6. The summed E-state index contributed by atoms with van der Waals surface area (Å²) in [4.78, 5) is 25.6. The molecule has 1 aliphatic carbocycles. The molecule has 5 rings (SSSR count). The molecule has 4 N–H and O–H groups in total. The zero-order chi connectivity index (χ0) is 24.1. The Balaban J connectivity index is 0.000000257. The van der Waals surface area contributed by atoms with Crippen molar-refractivity contribution in [1.82, 2.24) is 19.8 Å². The van der Waals surface area contributed by atoms with Crippen LogP contribution in [-0.2, 0) is 17.6 Å². The summed E-state index contributed by atoms with van der Waals surface area (Å²) in [6, 6.07) is 3.54. The van der Waals surface area contributed by atoms with Crippen molar-refractivity contribution in [3.05, 3.63) is 34.5 Å². The molecule has 2 aromatic heterocycles. The predicted molar refractivity (Wildman–Crippen MR) is 138 cm³/mol. The fraction of sp³-hybridized carbons (Fsp3) is 0.417. The van der Waals surface area contributed by atoms with Crippen molar-refractivity contribution in [2.75, 3.05) is 51.4 Å². The fourth-order valence-electron chi connectivity index (χ4n) is 4.24. The van der Waals surface area contributed by atoms with Gasteiger partial charge < -0.3 is 31.0 Å². The lowest BCUT2D eigenvalue weighted by molar-refractivity contribution is -0.119. The summed E-state index contributed by atoms with van der Waals surface area (Å²) in [6.07, 6.45) is 8.39. The highest BCUT2D eigenvalue weighted by Gasteiger charge is 2.20. The summed E-state index contributed by atoms with van der Waals surface area (Å²) in [7, 11) is 3.67. The van der Waals surface area contributed by atoms with Gasteiger partial charge in [0, 0.05) is 54.6 Å². The molecule has 3 aromatic rings. The third-order valence-electron chi connectivity index (χ3n) is 6.25. The number of nitrogens with two attached hydrogens (primary N) is 1. The van der Waals surface area contributed by atoms with Crippen LogP contribution in [0.1, 0.15) is 28.8 Å². The minimum Gasteiger partial charge on any atom is -0.494 e. The van der Waals surface area contributed by atoms with Gasteiger partial charge in [-0.2, -0.15) is 0 Å². The van der Waals surface area contributed by atoms with Gasteiger partial charge in [-0.05, 0) is 44.4 Å². The lowest BCUT2D eigenvalue weighted by Gasteiger charge is -2.29. The largest absolute Gasteiger partial charge is 0.494 e. The first-order chi connectivity index (χ1) is 16.5. The van der Waals surface area contributed by atoms with E-state index in [-0.39, 0.29) is 0 Å². The topological polar surface area (TPSA) is 120 Å². The minimum absolute atomic E-state index is 0.512. The van der Waals surface area contributed by atoms with Gasteiger partial charge in [-0.15, -0.1) is 11.3 Å². The van der Waals surface area contributed by atoms with Crippen LogP contribution in [0.3, 0.4) is 0 Å². The lowest BCUT2D eigenvalue weighted by Crippen LogP contribution is -2.43. The van der Waals surface area contributed by atoms with Crippen LogP contribution in [0.2, 0.25) is 0 Å². The number of aryl methyl sites for hydroxylation is 2. The molecule has 10 heteroatoms. The second kappa shape index (κ2) is 10.8. The van der Waals surface area contributed by atoms with Crippen LogP contribution in [-0.4, -0.2) is 72.7 Å². The Labute approximate surface area is 203 Å². The molecular formula is C24H31N7O2S. The average Bonchev–Trinajstić information content (AvgIpc) is 3.25. The normalized spacial score (nSPS) is 15.8. The number of nitrogen functional groups attached to an aromatic ring is 1. The van der Waals surface area contributed by atoms with Crippen LogP contribution < -0.4 is 15.8 Å². The Morgan fingerprint density at radius 1 is 1.18 bits per heavy atom. The Hall–Kier alpha value is -3.24. The second-order valence-corrected chi connectivity index (χ2v) is 9.59. The Morgan fingerprint density at radius 3 is 2.65 bits per heavy atom. The molecule has 0 saturated carbocycles. The van der Waals surface area contributed by atoms with Crippen molar-refractivity contribution < 1.29 is 9.53 Å². The molecule has 0 radical (unpaired) electrons. The van der Waals surface area contributed by atoms with Crippen molar-refractivity contribution in [3.63, 3.8) is 0 Å². The number of hydrogen-bond donors (Lipinski definition) is 3. The van der Waals surface area contributed by atoms with Gasteiger partial charge in [0.1, 0.15) is 22.7 Å². The molecule has 9 nitrogen and oxygen atoms in total.